The predicted molar refractivity (Wildman–Crippen MR) is 648 cm³/mol. The molecule has 0 aromatic heterocycles. The molecule has 0 radical (unpaired) electrons. The Hall–Kier alpha value is -19.5. The van der Waals surface area contributed by atoms with E-state index in [1.807, 2.05) is 0 Å². The van der Waals surface area contributed by atoms with Gasteiger partial charge in [0, 0.05) is 0 Å². The molecular weight excluding hydrogens is 1800 g/mol. The summed E-state index contributed by atoms with van der Waals surface area (Å²) in [4.78, 5) is 0. The summed E-state index contributed by atoms with van der Waals surface area (Å²) in [7, 11) is 0. The van der Waals surface area contributed by atoms with E-state index in [9.17, 15) is 0 Å². The fraction of sp³-hybridized carbons (Fsp3) is 0. The van der Waals surface area contributed by atoms with Gasteiger partial charge in [-0.15, -0.1) is 0 Å². The third-order valence-electron chi connectivity index (χ3n) is 30.7. The smallest absolute Gasteiger partial charge is 0.000786 e. The van der Waals surface area contributed by atoms with Crippen molar-refractivity contribution in [3.8, 4) is 122 Å². The van der Waals surface area contributed by atoms with Crippen LogP contribution in [0.3, 0.4) is 0 Å². The summed E-state index contributed by atoms with van der Waals surface area (Å²) in [6, 6.07) is 216. The molecular formula is C150H98. The lowest BCUT2D eigenvalue weighted by atomic mass is 9.80. The van der Waals surface area contributed by atoms with Gasteiger partial charge in [0.05, 0.1) is 0 Å². The molecule has 30 rings (SSSR count). The molecule has 0 fully saturated rings. The minimum absolute atomic E-state index is 1.23. The highest BCUT2D eigenvalue weighted by molar-refractivity contribution is 6.32. The zero-order valence-corrected chi connectivity index (χ0v) is 82.6. The average molecular weight is 1900 g/mol. The molecule has 0 spiro atoms. The maximum atomic E-state index is 2.38. The summed E-state index contributed by atoms with van der Waals surface area (Å²) in [5.74, 6) is 0. The Balaban J connectivity index is 0.0000000985. The second kappa shape index (κ2) is 38.9. The summed E-state index contributed by atoms with van der Waals surface area (Å²) >= 11 is 0. The molecule has 0 aliphatic heterocycles. The van der Waals surface area contributed by atoms with Gasteiger partial charge < -0.3 is 0 Å². The van der Waals surface area contributed by atoms with Gasteiger partial charge in [0.1, 0.15) is 0 Å². The third-order valence-corrected chi connectivity index (χ3v) is 30.7. The largest absolute Gasteiger partial charge is 0.0622 e. The van der Waals surface area contributed by atoms with Crippen LogP contribution in [0.1, 0.15) is 0 Å². The Kier molecular flexibility index (Phi) is 23.2. The predicted octanol–water partition coefficient (Wildman–Crippen LogP) is 42.4. The summed E-state index contributed by atoms with van der Waals surface area (Å²) in [6.45, 7) is 0. The molecule has 150 heavy (non-hydrogen) atoms. The van der Waals surface area contributed by atoms with Crippen molar-refractivity contribution in [2.45, 2.75) is 0 Å². The molecule has 0 nitrogen and oxygen atoms in total. The summed E-state index contributed by atoms with van der Waals surface area (Å²) in [5, 5.41) is 38.4. The average Bonchev–Trinajstić information content (AvgIpc) is 0.692. The Bertz CT molecular complexity index is 10300. The molecule has 0 saturated heterocycles. The molecule has 0 heterocycles. The molecule has 0 aliphatic rings. The van der Waals surface area contributed by atoms with Gasteiger partial charge in [-0.25, -0.2) is 0 Å². The fourth-order valence-electron chi connectivity index (χ4n) is 24.2. The van der Waals surface area contributed by atoms with Gasteiger partial charge in [-0.1, -0.05) is 564 Å². The maximum absolute atomic E-state index is 2.38. The first kappa shape index (κ1) is 89.4. The van der Waals surface area contributed by atoms with Crippen molar-refractivity contribution >= 4 is 162 Å². The molecule has 0 atom stereocenters. The quantitative estimate of drug-likeness (QED) is 0.0894. The van der Waals surface area contributed by atoms with E-state index in [0.717, 1.165) is 0 Å². The van der Waals surface area contributed by atoms with Gasteiger partial charge in [-0.3, -0.25) is 0 Å². The van der Waals surface area contributed by atoms with Crippen molar-refractivity contribution in [2.75, 3.05) is 0 Å². The second-order valence-electron chi connectivity index (χ2n) is 39.2. The van der Waals surface area contributed by atoms with Crippen LogP contribution in [0.4, 0.5) is 0 Å². The van der Waals surface area contributed by atoms with Crippen molar-refractivity contribution in [3.05, 3.63) is 595 Å². The molecule has 30 aromatic carbocycles. The molecule has 0 bridgehead atoms. The summed E-state index contributed by atoms with van der Waals surface area (Å²) in [5.41, 5.74) is 28.0. The van der Waals surface area contributed by atoms with E-state index in [1.165, 1.54) is 284 Å². The molecule has 0 saturated carbocycles. The summed E-state index contributed by atoms with van der Waals surface area (Å²) in [6.07, 6.45) is 0. The lowest BCUT2D eigenvalue weighted by Crippen LogP contribution is -1.95. The molecule has 0 aliphatic carbocycles. The minimum atomic E-state index is 1.23. The van der Waals surface area contributed by atoms with Crippen molar-refractivity contribution in [2.24, 2.45) is 0 Å². The van der Waals surface area contributed by atoms with Crippen LogP contribution in [0.5, 0.6) is 0 Å². The third kappa shape index (κ3) is 16.0. The Labute approximate surface area is 871 Å². The number of hydrogen-bond acceptors (Lipinski definition) is 0. The SMILES string of the molecule is c1cc(-c2ccc3ccccc3c2)cc(-c2c3ccccc3c(-c3cccc4ccccc34)c3ccccc23)c1.c1ccc(-c2c3ccccc3c(-c3c(-c4ccccc4)c4ccccc4c4ccccc34)c3ccccc23)cc1.c1ccc(-c2c3ccccc3c(-c3cc4ccccc4c4ccccc34)c3ccccc23)cc1.c1ccc(-c2c3ccccc3c(-c3cccc(-c4ccc5ccccc5c4)c3)c3ccccc23)cc1. The lowest BCUT2D eigenvalue weighted by molar-refractivity contribution is 1.62. The normalized spacial score (nSPS) is 11.5. The van der Waals surface area contributed by atoms with Crippen LogP contribution in [-0.2, 0) is 0 Å². The molecule has 0 amide bonds. The first-order chi connectivity index (χ1) is 74.5. The first-order valence-electron chi connectivity index (χ1n) is 52.0. The Morgan fingerprint density at radius 2 is 0.273 bits per heavy atom. The van der Waals surface area contributed by atoms with Crippen molar-refractivity contribution in [1.29, 1.82) is 0 Å². The van der Waals surface area contributed by atoms with E-state index in [0.29, 0.717) is 0 Å². The first-order valence-corrected chi connectivity index (χ1v) is 52.0. The second-order valence-corrected chi connectivity index (χ2v) is 39.2. The van der Waals surface area contributed by atoms with Gasteiger partial charge in [0.25, 0.3) is 0 Å². The van der Waals surface area contributed by atoms with E-state index < -0.39 is 0 Å². The minimum Gasteiger partial charge on any atom is -0.0622 e. The van der Waals surface area contributed by atoms with E-state index in [2.05, 4.69) is 595 Å². The van der Waals surface area contributed by atoms with Gasteiger partial charge in [0.15, 0.2) is 0 Å². The Morgan fingerprint density at radius 3 is 0.627 bits per heavy atom. The molecule has 0 unspecified atom stereocenters. The van der Waals surface area contributed by atoms with Gasteiger partial charge in [0.2, 0.25) is 0 Å². The van der Waals surface area contributed by atoms with Gasteiger partial charge >= 0.3 is 0 Å². The van der Waals surface area contributed by atoms with E-state index in [4.69, 9.17) is 0 Å². The lowest BCUT2D eigenvalue weighted by Gasteiger charge is -2.23. The standard InChI is InChI=1S/2C40H26.C36H24.C34H22/c1-3-15-27(16-4-1)37-33-23-11-13-25-35(33)39(36-26-14-12-24-34(36)37)40-32-22-10-8-20-30(32)29-19-7-9-21-31(29)38(40)28-17-5-2-6-18-28;1-2-13-29-25-31(24-23-27(29)11-1)30-15-9-16-32(26-30)39-35-18-5-7-20-37(35)40(38-21-8-6-19-36(38)39)34-22-10-14-28-12-3-4-17-33(28)34;1-2-12-26(13-3-1)35-31-17-6-8-19-33(31)36(34-20-9-7-18-32(34)35)30-16-10-15-28(24-30)29-22-21-25-11-4-5-14-27(25)23-29;1-2-12-23(13-3-1)33-28-18-8-10-20-30(28)34(31-21-11-9-19-29(31)33)32-22-24-14-4-5-15-25(24)26-16-6-7-17-27(26)32/h2*1-26H;1-24H;1-22H. The van der Waals surface area contributed by atoms with Gasteiger partial charge in [-0.2, -0.15) is 0 Å². The zero-order valence-electron chi connectivity index (χ0n) is 82.6. The zero-order chi connectivity index (χ0) is 99.3. The van der Waals surface area contributed by atoms with E-state index >= 15 is 0 Å². The van der Waals surface area contributed by atoms with Crippen LogP contribution < -0.4 is 0 Å². The maximum Gasteiger partial charge on any atom is -0.000786 e. The topological polar surface area (TPSA) is 0 Å². The highest BCUT2D eigenvalue weighted by Gasteiger charge is 2.27. The van der Waals surface area contributed by atoms with E-state index in [1.54, 1.807) is 0 Å². The number of fused-ring (bicyclic) bond motifs is 17. The highest BCUT2D eigenvalue weighted by atomic mass is 14.3. The molecule has 30 aromatic rings. The molecule has 0 N–H and O–H groups in total. The molecule has 0 heteroatoms. The number of rotatable bonds is 11. The highest BCUT2D eigenvalue weighted by Crippen LogP contribution is 2.55. The Morgan fingerprint density at radius 1 is 0.0667 bits per heavy atom. The number of hydrogen-bond donors (Lipinski definition) is 0. The number of benzene rings is 30. The van der Waals surface area contributed by atoms with Crippen molar-refractivity contribution in [3.63, 3.8) is 0 Å². The fourth-order valence-corrected chi connectivity index (χ4v) is 24.2. The summed E-state index contributed by atoms with van der Waals surface area (Å²) < 4.78 is 0. The van der Waals surface area contributed by atoms with Crippen LogP contribution in [0.2, 0.25) is 0 Å². The van der Waals surface area contributed by atoms with Crippen LogP contribution in [-0.4, -0.2) is 0 Å². The van der Waals surface area contributed by atoms with Crippen LogP contribution >= 0.6 is 0 Å². The van der Waals surface area contributed by atoms with Crippen molar-refractivity contribution in [1.82, 2.24) is 0 Å². The van der Waals surface area contributed by atoms with E-state index in [-0.39, 0.29) is 0 Å². The van der Waals surface area contributed by atoms with Crippen LogP contribution in [0.15, 0.2) is 595 Å². The van der Waals surface area contributed by atoms with Crippen LogP contribution in [0.25, 0.3) is 284 Å². The monoisotopic (exact) mass is 1900 g/mol. The molecule has 698 valence electrons. The van der Waals surface area contributed by atoms with Crippen molar-refractivity contribution < 1.29 is 0 Å². The van der Waals surface area contributed by atoms with Gasteiger partial charge in [-0.05, 0) is 314 Å². The van der Waals surface area contributed by atoms with Crippen LogP contribution in [0, 0.1) is 0 Å².